The largest absolute Gasteiger partial charge is 0.394 e. The van der Waals surface area contributed by atoms with Gasteiger partial charge in [-0.1, -0.05) is 22.6 Å². The van der Waals surface area contributed by atoms with E-state index >= 15 is 0 Å². The van der Waals surface area contributed by atoms with E-state index in [4.69, 9.17) is 15.6 Å². The average Bonchev–Trinajstić information content (AvgIpc) is 2.59. The molecule has 7 heteroatoms. The number of nitrogen functional groups attached to an aromatic ring is 1. The number of anilines is 1. The quantitative estimate of drug-likeness (QED) is 0.581. The minimum atomic E-state index is -0.424. The first-order valence-electron chi connectivity index (χ1n) is 4.87. The maximum absolute atomic E-state index is 11.6. The molecule has 1 aromatic heterocycles. The molecule has 0 aliphatic carbocycles. The molecule has 16 heavy (non-hydrogen) atoms. The van der Waals surface area contributed by atoms with Crippen LogP contribution in [0.25, 0.3) is 0 Å². The highest BCUT2D eigenvalue weighted by Crippen LogP contribution is 2.32. The lowest BCUT2D eigenvalue weighted by atomic mass is 10.2. The molecule has 0 aromatic carbocycles. The van der Waals surface area contributed by atoms with Crippen molar-refractivity contribution in [3.8, 4) is 0 Å². The molecular weight excluding hydrogens is 325 g/mol. The van der Waals surface area contributed by atoms with Crippen LogP contribution in [-0.4, -0.2) is 31.3 Å². The van der Waals surface area contributed by atoms with Crippen molar-refractivity contribution >= 4 is 28.4 Å². The molecule has 1 aromatic rings. The van der Waals surface area contributed by atoms with Gasteiger partial charge in [-0.05, 0) is 6.07 Å². The third kappa shape index (κ3) is 2.20. The van der Waals surface area contributed by atoms with E-state index < -0.39 is 5.69 Å². The third-order valence-electron chi connectivity index (χ3n) is 2.50. The molecule has 0 radical (unpaired) electrons. The van der Waals surface area contributed by atoms with Gasteiger partial charge in [-0.3, -0.25) is 4.57 Å². The van der Waals surface area contributed by atoms with Crippen LogP contribution in [0.1, 0.15) is 12.6 Å². The second-order valence-corrected chi connectivity index (χ2v) is 5.21. The van der Waals surface area contributed by atoms with Crippen LogP contribution in [-0.2, 0) is 4.74 Å². The molecule has 1 saturated heterocycles. The zero-order chi connectivity index (χ0) is 11.7. The second kappa shape index (κ2) is 4.68. The van der Waals surface area contributed by atoms with E-state index in [9.17, 15) is 4.79 Å². The predicted octanol–water partition coefficient (Wildman–Crippen LogP) is -0.0911. The van der Waals surface area contributed by atoms with E-state index in [1.54, 1.807) is 12.3 Å². The summed E-state index contributed by atoms with van der Waals surface area (Å²) in [5, 5.41) is 9.06. The lowest BCUT2D eigenvalue weighted by Crippen LogP contribution is -2.27. The highest BCUT2D eigenvalue weighted by Gasteiger charge is 2.34. The summed E-state index contributed by atoms with van der Waals surface area (Å²) in [5.74, 6) is 0.198. The lowest BCUT2D eigenvalue weighted by molar-refractivity contribution is -0.0230. The van der Waals surface area contributed by atoms with Crippen LogP contribution in [0.5, 0.6) is 0 Å². The molecule has 0 bridgehead atoms. The molecule has 1 aliphatic heterocycles. The number of rotatable bonds is 2. The van der Waals surface area contributed by atoms with Crippen LogP contribution >= 0.6 is 22.6 Å². The molecule has 6 nitrogen and oxygen atoms in total. The molecule has 3 atom stereocenters. The Morgan fingerprint density at radius 2 is 2.50 bits per heavy atom. The maximum atomic E-state index is 11.6. The van der Waals surface area contributed by atoms with Crippen molar-refractivity contribution in [1.29, 1.82) is 0 Å². The Labute approximate surface area is 106 Å². The van der Waals surface area contributed by atoms with Gasteiger partial charge in [0.15, 0.2) is 0 Å². The first kappa shape index (κ1) is 11.8. The number of ether oxygens (including phenoxy) is 1. The molecular formula is C9H12IN3O3. The predicted molar refractivity (Wildman–Crippen MR) is 66.3 cm³/mol. The lowest BCUT2D eigenvalue weighted by Gasteiger charge is -2.14. The monoisotopic (exact) mass is 337 g/mol. The Kier molecular flexibility index (Phi) is 3.45. The zero-order valence-electron chi connectivity index (χ0n) is 8.41. The number of nitrogens with two attached hydrogens (primary N) is 1. The van der Waals surface area contributed by atoms with E-state index in [1.807, 2.05) is 0 Å². The fourth-order valence-corrected chi connectivity index (χ4v) is 2.50. The molecule has 0 saturated carbocycles. The van der Waals surface area contributed by atoms with E-state index in [2.05, 4.69) is 27.6 Å². The number of aliphatic hydroxyl groups excluding tert-OH is 1. The number of hydrogen-bond acceptors (Lipinski definition) is 5. The number of aliphatic hydroxyl groups is 1. The molecule has 0 amide bonds. The maximum Gasteiger partial charge on any atom is 0.351 e. The van der Waals surface area contributed by atoms with E-state index in [0.29, 0.717) is 6.42 Å². The van der Waals surface area contributed by atoms with Crippen molar-refractivity contribution in [3.63, 3.8) is 0 Å². The standard InChI is InChI=1S/C9H12IN3O3/c10-5-3-8(16-6(5)4-14)13-2-1-7(11)12-9(13)15/h1-2,5-6,8,14H,3-4H2,(H2,11,12,15)/t5?,6-,8-/m0/s1. The molecule has 2 heterocycles. The van der Waals surface area contributed by atoms with Gasteiger partial charge in [0, 0.05) is 16.5 Å². The Morgan fingerprint density at radius 1 is 1.75 bits per heavy atom. The summed E-state index contributed by atoms with van der Waals surface area (Å²) in [6.07, 6.45) is 1.66. The Balaban J connectivity index is 2.23. The van der Waals surface area contributed by atoms with Gasteiger partial charge in [-0.25, -0.2) is 4.79 Å². The fraction of sp³-hybridized carbons (Fsp3) is 0.556. The van der Waals surface area contributed by atoms with E-state index in [-0.39, 0.29) is 28.7 Å². The molecule has 2 rings (SSSR count). The van der Waals surface area contributed by atoms with Gasteiger partial charge in [0.1, 0.15) is 12.0 Å². The Hall–Kier alpha value is -0.670. The van der Waals surface area contributed by atoms with Gasteiger partial charge in [-0.2, -0.15) is 4.98 Å². The van der Waals surface area contributed by atoms with Crippen LogP contribution in [0, 0.1) is 0 Å². The van der Waals surface area contributed by atoms with Crippen LogP contribution in [0.4, 0.5) is 5.82 Å². The summed E-state index contributed by atoms with van der Waals surface area (Å²) >= 11 is 2.21. The smallest absolute Gasteiger partial charge is 0.351 e. The highest BCUT2D eigenvalue weighted by molar-refractivity contribution is 14.1. The number of aromatic nitrogens is 2. The second-order valence-electron chi connectivity index (χ2n) is 3.61. The topological polar surface area (TPSA) is 90.4 Å². The number of halogens is 1. The van der Waals surface area contributed by atoms with Gasteiger partial charge in [0.2, 0.25) is 0 Å². The number of hydrogen-bond donors (Lipinski definition) is 2. The zero-order valence-corrected chi connectivity index (χ0v) is 10.6. The molecule has 88 valence electrons. The number of nitrogens with zero attached hydrogens (tertiary/aromatic N) is 2. The minimum absolute atomic E-state index is 0.0404. The molecule has 3 N–H and O–H groups in total. The van der Waals surface area contributed by atoms with Gasteiger partial charge in [0.05, 0.1) is 12.7 Å². The summed E-state index contributed by atoms with van der Waals surface area (Å²) in [6.45, 7) is -0.0404. The highest BCUT2D eigenvalue weighted by atomic mass is 127. The van der Waals surface area contributed by atoms with Crippen LogP contribution in [0.3, 0.4) is 0 Å². The van der Waals surface area contributed by atoms with Crippen molar-refractivity contribution in [2.45, 2.75) is 22.7 Å². The minimum Gasteiger partial charge on any atom is -0.394 e. The molecule has 1 aliphatic rings. The molecule has 1 fully saturated rings. The summed E-state index contributed by atoms with van der Waals surface area (Å²) in [6, 6.07) is 1.55. The van der Waals surface area contributed by atoms with Gasteiger partial charge >= 0.3 is 5.69 Å². The SMILES string of the molecule is Nc1ccn([C@@H]2CC(I)[C@H](CO)O2)c(=O)n1. The Morgan fingerprint density at radius 3 is 3.06 bits per heavy atom. The van der Waals surface area contributed by atoms with Crippen LogP contribution < -0.4 is 11.4 Å². The van der Waals surface area contributed by atoms with Crippen molar-refractivity contribution in [1.82, 2.24) is 9.55 Å². The van der Waals surface area contributed by atoms with Gasteiger partial charge in [0.25, 0.3) is 0 Å². The fourth-order valence-electron chi connectivity index (χ4n) is 1.67. The molecule has 1 unspecified atom stereocenters. The normalized spacial score (nSPS) is 29.5. The van der Waals surface area contributed by atoms with E-state index in [0.717, 1.165) is 0 Å². The van der Waals surface area contributed by atoms with Crippen LogP contribution in [0.15, 0.2) is 17.1 Å². The van der Waals surface area contributed by atoms with Gasteiger partial charge < -0.3 is 15.6 Å². The average molecular weight is 337 g/mol. The first-order chi connectivity index (χ1) is 7.61. The van der Waals surface area contributed by atoms with Gasteiger partial charge in [-0.15, -0.1) is 0 Å². The molecule has 0 spiro atoms. The summed E-state index contributed by atoms with van der Waals surface area (Å²) in [5.41, 5.74) is 4.98. The summed E-state index contributed by atoms with van der Waals surface area (Å²) < 4.78 is 7.15. The summed E-state index contributed by atoms with van der Waals surface area (Å²) in [7, 11) is 0. The van der Waals surface area contributed by atoms with Crippen molar-refractivity contribution in [3.05, 3.63) is 22.7 Å². The first-order valence-corrected chi connectivity index (χ1v) is 6.11. The summed E-state index contributed by atoms with van der Waals surface area (Å²) in [4.78, 5) is 15.2. The number of alkyl halides is 1. The third-order valence-corrected chi connectivity index (χ3v) is 3.81. The van der Waals surface area contributed by atoms with Crippen molar-refractivity contribution < 1.29 is 9.84 Å². The van der Waals surface area contributed by atoms with Crippen molar-refractivity contribution in [2.75, 3.05) is 12.3 Å². The van der Waals surface area contributed by atoms with Crippen LogP contribution in [0.2, 0.25) is 0 Å². The van der Waals surface area contributed by atoms with Crippen molar-refractivity contribution in [2.24, 2.45) is 0 Å². The Bertz CT molecular complexity index is 436. The van der Waals surface area contributed by atoms with E-state index in [1.165, 1.54) is 4.57 Å².